The molecule has 4 rings (SSSR count). The third kappa shape index (κ3) is 4.86. The molecule has 0 aliphatic heterocycles. The summed E-state index contributed by atoms with van der Waals surface area (Å²) in [6.45, 7) is 5.62. The highest BCUT2D eigenvalue weighted by atomic mass is 32.1. The van der Waals surface area contributed by atoms with Gasteiger partial charge in [0.1, 0.15) is 17.6 Å². The number of nitrogens with zero attached hydrogens (tertiary/aromatic N) is 2. The highest BCUT2D eigenvalue weighted by Gasteiger charge is 2.37. The van der Waals surface area contributed by atoms with E-state index in [4.69, 9.17) is 6.42 Å². The highest BCUT2D eigenvalue weighted by molar-refractivity contribution is 7.17. The van der Waals surface area contributed by atoms with Crippen LogP contribution in [0.5, 0.6) is 0 Å². The molecular weight excluding hydrogens is 469 g/mol. The number of thiophene rings is 1. The number of aromatic nitrogens is 1. The smallest absolute Gasteiger partial charge is 0.278 e. The first-order chi connectivity index (χ1) is 16.2. The summed E-state index contributed by atoms with van der Waals surface area (Å²) in [5.41, 5.74) is 0.615. The van der Waals surface area contributed by atoms with Gasteiger partial charge in [0.15, 0.2) is 5.01 Å². The number of benzene rings is 2. The number of carbonyl (C=O) groups excluding carboxylic acids is 2. The number of nitrogens with one attached hydrogen (secondary N) is 1. The van der Waals surface area contributed by atoms with Gasteiger partial charge in [-0.1, -0.05) is 18.2 Å². The van der Waals surface area contributed by atoms with Crippen molar-refractivity contribution in [3.63, 3.8) is 0 Å². The van der Waals surface area contributed by atoms with Gasteiger partial charge in [0.2, 0.25) is 5.91 Å². The van der Waals surface area contributed by atoms with E-state index in [1.54, 1.807) is 5.38 Å². The average molecular weight is 492 g/mol. The Hall–Kier alpha value is -3.54. The van der Waals surface area contributed by atoms with Gasteiger partial charge in [0.05, 0.1) is 0 Å². The Balaban J connectivity index is 1.93. The number of terminal acetylenes is 1. The van der Waals surface area contributed by atoms with Crippen LogP contribution in [0.4, 0.5) is 10.1 Å². The summed E-state index contributed by atoms with van der Waals surface area (Å²) in [7, 11) is 0. The van der Waals surface area contributed by atoms with Gasteiger partial charge < -0.3 is 5.32 Å². The van der Waals surface area contributed by atoms with E-state index in [-0.39, 0.29) is 11.6 Å². The summed E-state index contributed by atoms with van der Waals surface area (Å²) in [5.74, 6) is 1.12. The molecule has 0 saturated carbocycles. The maximum absolute atomic E-state index is 13.8. The molecule has 0 radical (unpaired) electrons. The molecule has 4 aromatic rings. The van der Waals surface area contributed by atoms with E-state index in [1.165, 1.54) is 51.8 Å². The Morgan fingerprint density at radius 1 is 1.09 bits per heavy atom. The maximum Gasteiger partial charge on any atom is 0.278 e. The zero-order valence-corrected chi connectivity index (χ0v) is 20.5. The zero-order valence-electron chi connectivity index (χ0n) is 18.8. The van der Waals surface area contributed by atoms with Crippen LogP contribution in [0.15, 0.2) is 59.3 Å². The number of hydrogen-bond acceptors (Lipinski definition) is 5. The predicted molar refractivity (Wildman–Crippen MR) is 136 cm³/mol. The van der Waals surface area contributed by atoms with Gasteiger partial charge in [-0.3, -0.25) is 14.5 Å². The second-order valence-corrected chi connectivity index (χ2v) is 10.4. The summed E-state index contributed by atoms with van der Waals surface area (Å²) >= 11 is 2.66. The molecule has 2 aromatic carbocycles. The first kappa shape index (κ1) is 23.6. The van der Waals surface area contributed by atoms with E-state index in [9.17, 15) is 14.0 Å². The summed E-state index contributed by atoms with van der Waals surface area (Å²) in [4.78, 5) is 33.2. The standard InChI is InChI=1S/C26H22FN3O2S2/c1-5-22-28-20(15-34-22)25(32)30(17-12-10-16(27)11-13-17)23(24(31)29-26(2,3)4)19-14-33-21-9-7-6-8-18(19)21/h1,6-15,23H,2-4H3,(H,29,31). The first-order valence-electron chi connectivity index (χ1n) is 10.5. The number of fused-ring (bicyclic) bond motifs is 1. The lowest BCUT2D eigenvalue weighted by molar-refractivity contribution is -0.123. The van der Waals surface area contributed by atoms with Crippen LogP contribution < -0.4 is 10.2 Å². The lowest BCUT2D eigenvalue weighted by Crippen LogP contribution is -2.49. The molecule has 1 atom stereocenters. The number of thiazole rings is 1. The van der Waals surface area contributed by atoms with Crippen molar-refractivity contribution in [3.05, 3.63) is 81.4 Å². The van der Waals surface area contributed by atoms with Gasteiger partial charge >= 0.3 is 0 Å². The largest absolute Gasteiger partial charge is 0.349 e. The van der Waals surface area contributed by atoms with Crippen LogP contribution in [0, 0.1) is 18.2 Å². The summed E-state index contributed by atoms with van der Waals surface area (Å²) in [6, 6.07) is 12.2. The van der Waals surface area contributed by atoms with Gasteiger partial charge in [-0.15, -0.1) is 29.1 Å². The summed E-state index contributed by atoms with van der Waals surface area (Å²) < 4.78 is 14.8. The molecule has 0 spiro atoms. The lowest BCUT2D eigenvalue weighted by atomic mass is 10.00. The molecule has 0 bridgehead atoms. The monoisotopic (exact) mass is 491 g/mol. The minimum Gasteiger partial charge on any atom is -0.349 e. The third-order valence-corrected chi connectivity index (χ3v) is 6.74. The van der Waals surface area contributed by atoms with Crippen molar-refractivity contribution < 1.29 is 14.0 Å². The molecule has 0 aliphatic carbocycles. The van der Waals surface area contributed by atoms with Crippen LogP contribution >= 0.6 is 22.7 Å². The number of rotatable bonds is 5. The van der Waals surface area contributed by atoms with Crippen molar-refractivity contribution in [3.8, 4) is 12.3 Å². The second-order valence-electron chi connectivity index (χ2n) is 8.66. The van der Waals surface area contributed by atoms with Crippen molar-refractivity contribution in [1.82, 2.24) is 10.3 Å². The number of anilines is 1. The van der Waals surface area contributed by atoms with Crippen molar-refractivity contribution >= 4 is 50.3 Å². The third-order valence-electron chi connectivity index (χ3n) is 4.98. The van der Waals surface area contributed by atoms with Gasteiger partial charge in [-0.05, 0) is 67.8 Å². The van der Waals surface area contributed by atoms with Crippen LogP contribution in [-0.4, -0.2) is 22.3 Å². The normalized spacial score (nSPS) is 12.2. The van der Waals surface area contributed by atoms with Gasteiger partial charge in [0.25, 0.3) is 5.91 Å². The molecule has 5 nitrogen and oxygen atoms in total. The molecule has 0 saturated heterocycles. The van der Waals surface area contributed by atoms with E-state index in [2.05, 4.69) is 16.2 Å². The van der Waals surface area contributed by atoms with Crippen LogP contribution in [-0.2, 0) is 4.79 Å². The van der Waals surface area contributed by atoms with Gasteiger partial charge in [-0.2, -0.15) is 0 Å². The summed E-state index contributed by atoms with van der Waals surface area (Å²) in [5, 5.41) is 7.68. The Kier molecular flexibility index (Phi) is 6.51. The Bertz CT molecular complexity index is 1390. The van der Waals surface area contributed by atoms with Crippen LogP contribution in [0.2, 0.25) is 0 Å². The van der Waals surface area contributed by atoms with Crippen molar-refractivity contribution in [1.29, 1.82) is 0 Å². The number of carbonyl (C=O) groups is 2. The molecule has 8 heteroatoms. The van der Waals surface area contributed by atoms with E-state index >= 15 is 0 Å². The highest BCUT2D eigenvalue weighted by Crippen LogP contribution is 2.37. The minimum atomic E-state index is -1.02. The number of amides is 2. The Labute approximate surface area is 205 Å². The number of halogens is 1. The molecule has 2 heterocycles. The average Bonchev–Trinajstić information content (AvgIpc) is 3.44. The van der Waals surface area contributed by atoms with Crippen LogP contribution in [0.1, 0.15) is 47.9 Å². The molecule has 0 fully saturated rings. The molecule has 2 amide bonds. The fourth-order valence-corrected chi connectivity index (χ4v) is 5.17. The molecule has 1 N–H and O–H groups in total. The SMILES string of the molecule is C#Cc1nc(C(=O)N(c2ccc(F)cc2)C(C(=O)NC(C)(C)C)c2csc3ccccc23)cs1. The molecule has 172 valence electrons. The van der Waals surface area contributed by atoms with Crippen LogP contribution in [0.25, 0.3) is 10.1 Å². The maximum atomic E-state index is 13.8. The van der Waals surface area contributed by atoms with Crippen molar-refractivity contribution in [2.75, 3.05) is 4.90 Å². The van der Waals surface area contributed by atoms with Gasteiger partial charge in [0, 0.05) is 26.9 Å². The summed E-state index contributed by atoms with van der Waals surface area (Å²) in [6.07, 6.45) is 5.45. The first-order valence-corrected chi connectivity index (χ1v) is 12.2. The Morgan fingerprint density at radius 2 is 1.79 bits per heavy atom. The molecule has 2 aromatic heterocycles. The predicted octanol–water partition coefficient (Wildman–Crippen LogP) is 5.78. The van der Waals surface area contributed by atoms with Crippen molar-refractivity contribution in [2.24, 2.45) is 0 Å². The Morgan fingerprint density at radius 3 is 2.44 bits per heavy atom. The van der Waals surface area contributed by atoms with Crippen LogP contribution in [0.3, 0.4) is 0 Å². The van der Waals surface area contributed by atoms with Gasteiger partial charge in [-0.25, -0.2) is 9.37 Å². The molecule has 0 aliphatic rings. The minimum absolute atomic E-state index is 0.121. The fraction of sp³-hybridized carbons (Fsp3) is 0.192. The lowest BCUT2D eigenvalue weighted by Gasteiger charge is -2.33. The molecule has 1 unspecified atom stereocenters. The zero-order chi connectivity index (χ0) is 24.5. The quantitative estimate of drug-likeness (QED) is 0.360. The fourth-order valence-electron chi connectivity index (χ4n) is 3.59. The van der Waals surface area contributed by atoms with E-state index in [0.29, 0.717) is 16.3 Å². The van der Waals surface area contributed by atoms with E-state index in [0.717, 1.165) is 10.1 Å². The topological polar surface area (TPSA) is 62.3 Å². The molecule has 34 heavy (non-hydrogen) atoms. The number of hydrogen-bond donors (Lipinski definition) is 1. The molecular formula is C26H22FN3O2S2. The second kappa shape index (κ2) is 9.37. The van der Waals surface area contributed by atoms with Crippen molar-refractivity contribution in [2.45, 2.75) is 32.4 Å². The van der Waals surface area contributed by atoms with E-state index in [1.807, 2.05) is 50.4 Å². The van der Waals surface area contributed by atoms with E-state index < -0.39 is 23.3 Å².